The number of aryl methyl sites for hydroxylation is 1. The van der Waals surface area contributed by atoms with Crippen LogP contribution in [0.15, 0.2) is 29.9 Å². The van der Waals surface area contributed by atoms with E-state index in [0.717, 1.165) is 19.5 Å². The fourth-order valence-corrected chi connectivity index (χ4v) is 2.84. The van der Waals surface area contributed by atoms with Crippen molar-refractivity contribution in [3.05, 3.63) is 40.3 Å². The number of nitrogens with zero attached hydrogens (tertiary/aromatic N) is 2. The lowest BCUT2D eigenvalue weighted by molar-refractivity contribution is 0.479. The molecule has 3 nitrogen and oxygen atoms in total. The lowest BCUT2D eigenvalue weighted by atomic mass is 9.91. The van der Waals surface area contributed by atoms with Crippen molar-refractivity contribution < 1.29 is 0 Å². The van der Waals surface area contributed by atoms with E-state index in [2.05, 4.69) is 48.0 Å². The SMILES string of the molecule is Cn1cc(CCNCC(C)(C)c2cccs2)cn1. The number of thiophene rings is 1. The Bertz CT molecular complexity index is 471. The first kappa shape index (κ1) is 13.3. The van der Waals surface area contributed by atoms with E-state index >= 15 is 0 Å². The fraction of sp³-hybridized carbons (Fsp3) is 0.500. The molecular formula is C14H21N3S. The van der Waals surface area contributed by atoms with E-state index in [1.54, 1.807) is 0 Å². The minimum absolute atomic E-state index is 0.211. The van der Waals surface area contributed by atoms with Gasteiger partial charge in [0.05, 0.1) is 6.20 Å². The van der Waals surface area contributed by atoms with Crippen LogP contribution in [0, 0.1) is 0 Å². The monoisotopic (exact) mass is 263 g/mol. The average molecular weight is 263 g/mol. The van der Waals surface area contributed by atoms with Crippen molar-refractivity contribution >= 4 is 11.3 Å². The van der Waals surface area contributed by atoms with Crippen molar-refractivity contribution in [2.75, 3.05) is 13.1 Å². The van der Waals surface area contributed by atoms with Gasteiger partial charge in [-0.3, -0.25) is 4.68 Å². The van der Waals surface area contributed by atoms with Gasteiger partial charge in [0.15, 0.2) is 0 Å². The number of aromatic nitrogens is 2. The Balaban J connectivity index is 1.75. The standard InChI is InChI=1S/C14H21N3S/c1-14(2,13-5-4-8-18-13)11-15-7-6-12-9-16-17(3)10-12/h4-5,8-10,15H,6-7,11H2,1-3H3. The Kier molecular flexibility index (Phi) is 4.19. The van der Waals surface area contributed by atoms with E-state index in [0.29, 0.717) is 0 Å². The summed E-state index contributed by atoms with van der Waals surface area (Å²) in [6, 6.07) is 4.34. The molecule has 0 unspecified atom stereocenters. The number of nitrogens with one attached hydrogen (secondary N) is 1. The van der Waals surface area contributed by atoms with E-state index in [1.807, 2.05) is 29.3 Å². The highest BCUT2D eigenvalue weighted by Crippen LogP contribution is 2.26. The molecule has 0 amide bonds. The molecule has 4 heteroatoms. The van der Waals surface area contributed by atoms with Crippen LogP contribution in [0.2, 0.25) is 0 Å². The van der Waals surface area contributed by atoms with Gasteiger partial charge < -0.3 is 5.32 Å². The van der Waals surface area contributed by atoms with Crippen LogP contribution in [0.1, 0.15) is 24.3 Å². The molecule has 0 spiro atoms. The lowest BCUT2D eigenvalue weighted by Gasteiger charge is -2.23. The van der Waals surface area contributed by atoms with Crippen LogP contribution in [0.4, 0.5) is 0 Å². The summed E-state index contributed by atoms with van der Waals surface area (Å²) in [6.07, 6.45) is 5.05. The lowest BCUT2D eigenvalue weighted by Crippen LogP contribution is -2.33. The van der Waals surface area contributed by atoms with Crippen LogP contribution in [0.25, 0.3) is 0 Å². The third-order valence-electron chi connectivity index (χ3n) is 3.10. The Hall–Kier alpha value is -1.13. The third-order valence-corrected chi connectivity index (χ3v) is 4.34. The van der Waals surface area contributed by atoms with Gasteiger partial charge in [-0.2, -0.15) is 5.10 Å². The van der Waals surface area contributed by atoms with Crippen molar-refractivity contribution in [3.8, 4) is 0 Å². The molecule has 0 saturated heterocycles. The predicted octanol–water partition coefficient (Wildman–Crippen LogP) is 2.59. The zero-order valence-electron chi connectivity index (χ0n) is 11.3. The van der Waals surface area contributed by atoms with E-state index in [-0.39, 0.29) is 5.41 Å². The molecule has 98 valence electrons. The van der Waals surface area contributed by atoms with Crippen LogP contribution in [0.5, 0.6) is 0 Å². The molecule has 0 radical (unpaired) electrons. The van der Waals surface area contributed by atoms with E-state index in [1.165, 1.54) is 10.4 Å². The van der Waals surface area contributed by atoms with Gasteiger partial charge in [-0.25, -0.2) is 0 Å². The first-order chi connectivity index (χ1) is 8.58. The van der Waals surface area contributed by atoms with Gasteiger partial charge in [-0.15, -0.1) is 11.3 Å². The van der Waals surface area contributed by atoms with Crippen LogP contribution >= 0.6 is 11.3 Å². The number of hydrogen-bond acceptors (Lipinski definition) is 3. The van der Waals surface area contributed by atoms with Crippen molar-refractivity contribution in [1.82, 2.24) is 15.1 Å². The van der Waals surface area contributed by atoms with Crippen molar-refractivity contribution in [2.45, 2.75) is 25.7 Å². The van der Waals surface area contributed by atoms with Crippen LogP contribution < -0.4 is 5.32 Å². The predicted molar refractivity (Wildman–Crippen MR) is 77.1 cm³/mol. The van der Waals surface area contributed by atoms with Gasteiger partial charge in [0.2, 0.25) is 0 Å². The second-order valence-corrected chi connectivity index (χ2v) is 6.26. The first-order valence-electron chi connectivity index (χ1n) is 6.30. The van der Waals surface area contributed by atoms with Gasteiger partial charge in [0, 0.05) is 30.1 Å². The van der Waals surface area contributed by atoms with E-state index in [9.17, 15) is 0 Å². The molecule has 1 N–H and O–H groups in total. The van der Waals surface area contributed by atoms with E-state index < -0.39 is 0 Å². The summed E-state index contributed by atoms with van der Waals surface area (Å²) in [5.74, 6) is 0. The molecule has 0 aliphatic carbocycles. The highest BCUT2D eigenvalue weighted by Gasteiger charge is 2.20. The maximum atomic E-state index is 4.18. The smallest absolute Gasteiger partial charge is 0.0522 e. The molecule has 0 bridgehead atoms. The van der Waals surface area contributed by atoms with Crippen molar-refractivity contribution in [2.24, 2.45) is 7.05 Å². The molecular weight excluding hydrogens is 242 g/mol. The maximum Gasteiger partial charge on any atom is 0.0522 e. The quantitative estimate of drug-likeness (QED) is 0.812. The summed E-state index contributed by atoms with van der Waals surface area (Å²) in [5, 5.41) is 9.86. The number of rotatable bonds is 6. The molecule has 0 fully saturated rings. The molecule has 2 rings (SSSR count). The second-order valence-electron chi connectivity index (χ2n) is 5.31. The molecule has 0 aliphatic heterocycles. The molecule has 18 heavy (non-hydrogen) atoms. The largest absolute Gasteiger partial charge is 0.316 e. The average Bonchev–Trinajstić information content (AvgIpc) is 2.95. The first-order valence-corrected chi connectivity index (χ1v) is 7.18. The normalized spacial score (nSPS) is 11.9. The summed E-state index contributed by atoms with van der Waals surface area (Å²) >= 11 is 1.83. The zero-order valence-corrected chi connectivity index (χ0v) is 12.1. The summed E-state index contributed by atoms with van der Waals surface area (Å²) < 4.78 is 1.85. The molecule has 2 aromatic heterocycles. The molecule has 0 atom stereocenters. The molecule has 0 saturated carbocycles. The summed E-state index contributed by atoms with van der Waals surface area (Å²) in [6.45, 7) is 6.58. The summed E-state index contributed by atoms with van der Waals surface area (Å²) in [5.41, 5.74) is 1.50. The van der Waals surface area contributed by atoms with Crippen LogP contribution in [-0.4, -0.2) is 22.9 Å². The Morgan fingerprint density at radius 1 is 1.44 bits per heavy atom. The molecule has 0 aromatic carbocycles. The van der Waals surface area contributed by atoms with Crippen LogP contribution in [0.3, 0.4) is 0 Å². The van der Waals surface area contributed by atoms with Crippen LogP contribution in [-0.2, 0) is 18.9 Å². The number of hydrogen-bond donors (Lipinski definition) is 1. The molecule has 0 aliphatic rings. The Morgan fingerprint density at radius 3 is 2.89 bits per heavy atom. The third kappa shape index (κ3) is 3.43. The van der Waals surface area contributed by atoms with Gasteiger partial charge in [-0.05, 0) is 30.0 Å². The topological polar surface area (TPSA) is 29.9 Å². The summed E-state index contributed by atoms with van der Waals surface area (Å²) in [4.78, 5) is 1.44. The summed E-state index contributed by atoms with van der Waals surface area (Å²) in [7, 11) is 1.96. The highest BCUT2D eigenvalue weighted by atomic mass is 32.1. The minimum atomic E-state index is 0.211. The van der Waals surface area contributed by atoms with E-state index in [4.69, 9.17) is 0 Å². The van der Waals surface area contributed by atoms with Gasteiger partial charge in [-0.1, -0.05) is 19.9 Å². The Morgan fingerprint density at radius 2 is 2.28 bits per heavy atom. The molecule has 2 heterocycles. The Labute approximate surface area is 113 Å². The van der Waals surface area contributed by atoms with Crippen molar-refractivity contribution in [3.63, 3.8) is 0 Å². The highest BCUT2D eigenvalue weighted by molar-refractivity contribution is 7.10. The maximum absolute atomic E-state index is 4.18. The molecule has 2 aromatic rings. The van der Waals surface area contributed by atoms with Gasteiger partial charge in [0.25, 0.3) is 0 Å². The van der Waals surface area contributed by atoms with Gasteiger partial charge in [0.1, 0.15) is 0 Å². The fourth-order valence-electron chi connectivity index (χ4n) is 1.99. The minimum Gasteiger partial charge on any atom is -0.316 e. The zero-order chi connectivity index (χ0) is 13.0. The second kappa shape index (κ2) is 5.67. The van der Waals surface area contributed by atoms with Gasteiger partial charge >= 0.3 is 0 Å². The van der Waals surface area contributed by atoms with Crippen molar-refractivity contribution in [1.29, 1.82) is 0 Å².